The molecule has 104 valence electrons. The van der Waals surface area contributed by atoms with Gasteiger partial charge in [0, 0.05) is 0 Å². The molecule has 0 bridgehead atoms. The number of hydrogen-bond donors (Lipinski definition) is 1. The quantitative estimate of drug-likeness (QED) is 0.861. The van der Waals surface area contributed by atoms with E-state index in [-0.39, 0.29) is 12.1 Å². The first kappa shape index (κ1) is 13.0. The zero-order valence-electron chi connectivity index (χ0n) is 12.3. The molecule has 0 amide bonds. The lowest BCUT2D eigenvalue weighted by Gasteiger charge is -2.37. The van der Waals surface area contributed by atoms with E-state index in [1.54, 1.807) is 0 Å². The molecule has 2 aromatic carbocycles. The highest BCUT2D eigenvalue weighted by Gasteiger charge is 2.32. The van der Waals surface area contributed by atoms with Crippen molar-refractivity contribution < 1.29 is 4.74 Å². The maximum Gasteiger partial charge on any atom is 0.144 e. The molecule has 2 atom stereocenters. The summed E-state index contributed by atoms with van der Waals surface area (Å²) in [5, 5.41) is 3.66. The van der Waals surface area contributed by atoms with Crippen LogP contribution in [-0.2, 0) is 0 Å². The SMILES string of the molecule is Cc1ccc2c(c1)NC(C(C)C)C(c1ccccc1)O2. The monoisotopic (exact) mass is 267 g/mol. The number of rotatable bonds is 2. The largest absolute Gasteiger partial charge is 0.481 e. The zero-order valence-corrected chi connectivity index (χ0v) is 12.3. The highest BCUT2D eigenvalue weighted by atomic mass is 16.5. The molecule has 2 heteroatoms. The van der Waals surface area contributed by atoms with Crippen molar-refractivity contribution in [2.24, 2.45) is 5.92 Å². The summed E-state index contributed by atoms with van der Waals surface area (Å²) in [7, 11) is 0. The molecule has 1 heterocycles. The van der Waals surface area contributed by atoms with E-state index in [0.29, 0.717) is 5.92 Å². The molecule has 0 saturated heterocycles. The van der Waals surface area contributed by atoms with Crippen molar-refractivity contribution in [1.82, 2.24) is 0 Å². The minimum atomic E-state index is 0.0615. The van der Waals surface area contributed by atoms with Gasteiger partial charge in [0.2, 0.25) is 0 Å². The van der Waals surface area contributed by atoms with Crippen LogP contribution in [0.5, 0.6) is 5.75 Å². The van der Waals surface area contributed by atoms with E-state index in [9.17, 15) is 0 Å². The van der Waals surface area contributed by atoms with Crippen LogP contribution in [0.2, 0.25) is 0 Å². The molecular formula is C18H21NO. The number of aryl methyl sites for hydroxylation is 1. The average molecular weight is 267 g/mol. The van der Waals surface area contributed by atoms with Crippen molar-refractivity contribution in [3.63, 3.8) is 0 Å². The first-order valence-corrected chi connectivity index (χ1v) is 7.24. The Hall–Kier alpha value is -1.96. The molecule has 0 fully saturated rings. The number of benzene rings is 2. The van der Waals surface area contributed by atoms with Gasteiger partial charge in [0.25, 0.3) is 0 Å². The van der Waals surface area contributed by atoms with Gasteiger partial charge in [0.15, 0.2) is 0 Å². The van der Waals surface area contributed by atoms with Gasteiger partial charge in [0.1, 0.15) is 11.9 Å². The summed E-state index contributed by atoms with van der Waals surface area (Å²) < 4.78 is 6.28. The third-order valence-electron chi connectivity index (χ3n) is 3.88. The lowest BCUT2D eigenvalue weighted by Crippen LogP contribution is -2.39. The van der Waals surface area contributed by atoms with E-state index in [2.05, 4.69) is 68.6 Å². The summed E-state index contributed by atoms with van der Waals surface area (Å²) in [4.78, 5) is 0. The fourth-order valence-corrected chi connectivity index (χ4v) is 2.76. The van der Waals surface area contributed by atoms with E-state index < -0.39 is 0 Å². The smallest absolute Gasteiger partial charge is 0.144 e. The molecule has 2 unspecified atom stereocenters. The molecule has 3 rings (SSSR count). The van der Waals surface area contributed by atoms with Crippen LogP contribution in [0.3, 0.4) is 0 Å². The van der Waals surface area contributed by atoms with E-state index in [1.165, 1.54) is 11.1 Å². The standard InChI is InChI=1S/C18H21NO/c1-12(2)17-18(14-7-5-4-6-8-14)20-16-10-9-13(3)11-15(16)19-17/h4-12,17-19H,1-3H3. The number of fused-ring (bicyclic) bond motifs is 1. The molecule has 1 aliphatic rings. The molecule has 0 saturated carbocycles. The predicted octanol–water partition coefficient (Wildman–Crippen LogP) is 4.57. The molecule has 0 aromatic heterocycles. The Balaban J connectivity index is 1.99. The molecule has 2 aromatic rings. The van der Waals surface area contributed by atoms with E-state index in [4.69, 9.17) is 4.74 Å². The fourth-order valence-electron chi connectivity index (χ4n) is 2.76. The number of hydrogen-bond acceptors (Lipinski definition) is 2. The summed E-state index contributed by atoms with van der Waals surface area (Å²) in [5.41, 5.74) is 3.58. The summed E-state index contributed by atoms with van der Waals surface area (Å²) in [5.74, 6) is 1.44. The Morgan fingerprint density at radius 3 is 2.50 bits per heavy atom. The van der Waals surface area contributed by atoms with E-state index in [0.717, 1.165) is 11.4 Å². The van der Waals surface area contributed by atoms with Crippen molar-refractivity contribution >= 4 is 5.69 Å². The predicted molar refractivity (Wildman–Crippen MR) is 83.2 cm³/mol. The van der Waals surface area contributed by atoms with E-state index in [1.807, 2.05) is 6.07 Å². The fraction of sp³-hybridized carbons (Fsp3) is 0.333. The summed E-state index contributed by atoms with van der Waals surface area (Å²) in [6.45, 7) is 6.57. The minimum Gasteiger partial charge on any atom is -0.481 e. The van der Waals surface area contributed by atoms with Crippen molar-refractivity contribution in [3.8, 4) is 5.75 Å². The van der Waals surface area contributed by atoms with Gasteiger partial charge in [-0.25, -0.2) is 0 Å². The maximum atomic E-state index is 6.28. The van der Waals surface area contributed by atoms with Gasteiger partial charge in [0.05, 0.1) is 11.7 Å². The summed E-state index contributed by atoms with van der Waals surface area (Å²) in [6, 6.07) is 17.1. The zero-order chi connectivity index (χ0) is 14.1. The third kappa shape index (κ3) is 2.38. The molecular weight excluding hydrogens is 246 g/mol. The van der Waals surface area contributed by atoms with E-state index >= 15 is 0 Å². The van der Waals surface area contributed by atoms with Gasteiger partial charge < -0.3 is 10.1 Å². The molecule has 0 spiro atoms. The van der Waals surface area contributed by atoms with Crippen LogP contribution in [0.15, 0.2) is 48.5 Å². The van der Waals surface area contributed by atoms with Crippen LogP contribution >= 0.6 is 0 Å². The second kappa shape index (κ2) is 5.20. The van der Waals surface area contributed by atoms with Crippen LogP contribution in [0.25, 0.3) is 0 Å². The maximum absolute atomic E-state index is 6.28. The molecule has 0 radical (unpaired) electrons. The first-order valence-electron chi connectivity index (χ1n) is 7.24. The number of nitrogens with one attached hydrogen (secondary N) is 1. The second-order valence-corrected chi connectivity index (χ2v) is 5.86. The summed E-state index contributed by atoms with van der Waals surface area (Å²) in [6.07, 6.45) is 0.0615. The number of ether oxygens (including phenoxy) is 1. The lowest BCUT2D eigenvalue weighted by atomic mass is 9.91. The van der Waals surface area contributed by atoms with Gasteiger partial charge in [-0.15, -0.1) is 0 Å². The van der Waals surface area contributed by atoms with Crippen LogP contribution in [0.4, 0.5) is 5.69 Å². The topological polar surface area (TPSA) is 21.3 Å². The number of anilines is 1. The Morgan fingerprint density at radius 1 is 1.05 bits per heavy atom. The molecule has 2 nitrogen and oxygen atoms in total. The Bertz CT molecular complexity index is 592. The molecule has 0 aliphatic carbocycles. The van der Waals surface area contributed by atoms with Crippen molar-refractivity contribution in [1.29, 1.82) is 0 Å². The Labute approximate surface area is 120 Å². The minimum absolute atomic E-state index is 0.0615. The van der Waals surface area contributed by atoms with Crippen LogP contribution in [0, 0.1) is 12.8 Å². The van der Waals surface area contributed by atoms with Gasteiger partial charge >= 0.3 is 0 Å². The molecule has 20 heavy (non-hydrogen) atoms. The molecule has 1 aliphatic heterocycles. The van der Waals surface area contributed by atoms with Crippen molar-refractivity contribution in [2.75, 3.05) is 5.32 Å². The van der Waals surface area contributed by atoms with Crippen molar-refractivity contribution in [3.05, 3.63) is 59.7 Å². The second-order valence-electron chi connectivity index (χ2n) is 5.86. The van der Waals surface area contributed by atoms with Crippen LogP contribution in [-0.4, -0.2) is 6.04 Å². The average Bonchev–Trinajstić information content (AvgIpc) is 2.46. The Kier molecular flexibility index (Phi) is 3.39. The summed E-state index contributed by atoms with van der Waals surface area (Å²) >= 11 is 0. The van der Waals surface area contributed by atoms with Crippen molar-refractivity contribution in [2.45, 2.75) is 32.9 Å². The van der Waals surface area contributed by atoms with Gasteiger partial charge in [-0.1, -0.05) is 50.2 Å². The first-order chi connectivity index (χ1) is 9.65. The normalized spacial score (nSPS) is 21.0. The van der Waals surface area contributed by atoms with Gasteiger partial charge in [-0.3, -0.25) is 0 Å². The Morgan fingerprint density at radius 2 is 1.80 bits per heavy atom. The van der Waals surface area contributed by atoms with Gasteiger partial charge in [-0.2, -0.15) is 0 Å². The van der Waals surface area contributed by atoms with Gasteiger partial charge in [-0.05, 0) is 36.1 Å². The highest BCUT2D eigenvalue weighted by Crippen LogP contribution is 2.39. The highest BCUT2D eigenvalue weighted by molar-refractivity contribution is 5.60. The third-order valence-corrected chi connectivity index (χ3v) is 3.88. The molecule has 1 N–H and O–H groups in total. The van der Waals surface area contributed by atoms with Crippen LogP contribution < -0.4 is 10.1 Å². The van der Waals surface area contributed by atoms with Crippen LogP contribution in [0.1, 0.15) is 31.1 Å². The lowest BCUT2D eigenvalue weighted by molar-refractivity contribution is 0.149.